The second kappa shape index (κ2) is 6.02. The summed E-state index contributed by atoms with van der Waals surface area (Å²) < 4.78 is 4.63. The second-order valence-electron chi connectivity index (χ2n) is 3.00. The lowest BCUT2D eigenvalue weighted by Crippen LogP contribution is -2.48. The first-order valence-corrected chi connectivity index (χ1v) is 4.33. The van der Waals surface area contributed by atoms with Crippen LogP contribution in [0.2, 0.25) is 0 Å². The van der Waals surface area contributed by atoms with Gasteiger partial charge in [-0.05, 0) is 6.92 Å². The van der Waals surface area contributed by atoms with Crippen LogP contribution in [-0.2, 0) is 9.53 Å². The van der Waals surface area contributed by atoms with Crippen molar-refractivity contribution >= 4 is 12.1 Å². The Morgan fingerprint density at radius 3 is 2.47 bits per heavy atom. The maximum atomic E-state index is 11.2. The van der Waals surface area contributed by atoms with Crippen LogP contribution >= 0.6 is 0 Å². The highest BCUT2D eigenvalue weighted by atomic mass is 16.6. The average Bonchev–Trinajstić information content (AvgIpc) is 2.12. The molecule has 0 fully saturated rings. The van der Waals surface area contributed by atoms with Crippen LogP contribution in [-0.4, -0.2) is 53.0 Å². The van der Waals surface area contributed by atoms with Gasteiger partial charge in [-0.15, -0.1) is 0 Å². The number of carbonyl (C=O) groups is 2. The minimum absolute atomic E-state index is 0.00464. The number of aliphatic carboxylic acids is 1. The van der Waals surface area contributed by atoms with Crippen LogP contribution in [0, 0.1) is 0 Å². The fourth-order valence-corrected chi connectivity index (χ4v) is 1.04. The summed E-state index contributed by atoms with van der Waals surface area (Å²) in [5.74, 6) is -1.29. The molecule has 2 N–H and O–H groups in total. The summed E-state index contributed by atoms with van der Waals surface area (Å²) in [5.41, 5.74) is 0. The standard InChI is InChI=1S/C9H15NO5/c1-4-5-15-9(14)10(3)7(6(2)11)8(12)13/h4,6-7,11H,1,5H2,2-3H3,(H,12,13). The molecule has 0 aliphatic carbocycles. The lowest BCUT2D eigenvalue weighted by Gasteiger charge is -2.25. The van der Waals surface area contributed by atoms with E-state index >= 15 is 0 Å². The van der Waals surface area contributed by atoms with E-state index in [0.29, 0.717) is 0 Å². The van der Waals surface area contributed by atoms with Crippen molar-refractivity contribution in [3.05, 3.63) is 12.7 Å². The Kier molecular flexibility index (Phi) is 5.40. The van der Waals surface area contributed by atoms with Gasteiger partial charge in [0, 0.05) is 7.05 Å². The first-order chi connectivity index (χ1) is 6.91. The SMILES string of the molecule is C=CCOC(=O)N(C)C(C(=O)O)C(C)O. The number of aliphatic hydroxyl groups is 1. The van der Waals surface area contributed by atoms with Gasteiger partial charge < -0.3 is 14.9 Å². The molecule has 6 heteroatoms. The van der Waals surface area contributed by atoms with Crippen molar-refractivity contribution in [1.82, 2.24) is 4.90 Å². The van der Waals surface area contributed by atoms with Gasteiger partial charge in [0.15, 0.2) is 6.04 Å². The molecule has 0 rings (SSSR count). The number of carboxylic acids is 1. The molecule has 15 heavy (non-hydrogen) atoms. The smallest absolute Gasteiger partial charge is 0.410 e. The fourth-order valence-electron chi connectivity index (χ4n) is 1.04. The first kappa shape index (κ1) is 13.4. The maximum absolute atomic E-state index is 11.2. The predicted octanol–water partition coefficient (Wildman–Crippen LogP) is 0.0748. The van der Waals surface area contributed by atoms with Crippen molar-refractivity contribution in [3.8, 4) is 0 Å². The highest BCUT2D eigenvalue weighted by Gasteiger charge is 2.31. The third-order valence-corrected chi connectivity index (χ3v) is 1.74. The van der Waals surface area contributed by atoms with Crippen LogP contribution in [0.1, 0.15) is 6.92 Å². The Morgan fingerprint density at radius 2 is 2.13 bits per heavy atom. The molecule has 2 unspecified atom stereocenters. The number of carbonyl (C=O) groups excluding carboxylic acids is 1. The lowest BCUT2D eigenvalue weighted by atomic mass is 10.2. The van der Waals surface area contributed by atoms with Crippen molar-refractivity contribution in [2.45, 2.75) is 19.1 Å². The summed E-state index contributed by atoms with van der Waals surface area (Å²) in [6.07, 6.45) is -0.629. The van der Waals surface area contributed by atoms with E-state index in [9.17, 15) is 14.7 Å². The van der Waals surface area contributed by atoms with Gasteiger partial charge in [0.1, 0.15) is 6.61 Å². The van der Waals surface area contributed by atoms with E-state index in [-0.39, 0.29) is 6.61 Å². The van der Waals surface area contributed by atoms with Gasteiger partial charge in [0.05, 0.1) is 6.10 Å². The van der Waals surface area contributed by atoms with Gasteiger partial charge in [-0.2, -0.15) is 0 Å². The highest BCUT2D eigenvalue weighted by molar-refractivity contribution is 5.80. The molecular weight excluding hydrogens is 202 g/mol. The summed E-state index contributed by atoms with van der Waals surface area (Å²) >= 11 is 0. The van der Waals surface area contributed by atoms with Gasteiger partial charge in [-0.1, -0.05) is 12.7 Å². The Hall–Kier alpha value is -1.56. The van der Waals surface area contributed by atoms with E-state index in [1.807, 2.05) is 0 Å². The third-order valence-electron chi connectivity index (χ3n) is 1.74. The van der Waals surface area contributed by atoms with Gasteiger partial charge in [-0.25, -0.2) is 9.59 Å². The molecule has 0 radical (unpaired) electrons. The molecule has 0 aliphatic rings. The van der Waals surface area contributed by atoms with E-state index in [0.717, 1.165) is 4.90 Å². The Balaban J connectivity index is 4.49. The number of nitrogens with zero attached hydrogens (tertiary/aromatic N) is 1. The van der Waals surface area contributed by atoms with Crippen LogP contribution in [0.5, 0.6) is 0 Å². The number of likely N-dealkylation sites (N-methyl/N-ethyl adjacent to an activating group) is 1. The number of hydrogen-bond donors (Lipinski definition) is 2. The largest absolute Gasteiger partial charge is 0.480 e. The fraction of sp³-hybridized carbons (Fsp3) is 0.556. The number of carboxylic acid groups (broad SMARTS) is 1. The number of hydrogen-bond acceptors (Lipinski definition) is 4. The number of amides is 1. The lowest BCUT2D eigenvalue weighted by molar-refractivity contribution is -0.145. The van der Waals surface area contributed by atoms with E-state index in [4.69, 9.17) is 5.11 Å². The normalized spacial score (nSPS) is 13.8. The molecule has 6 nitrogen and oxygen atoms in total. The molecule has 2 atom stereocenters. The quantitative estimate of drug-likeness (QED) is 0.636. The predicted molar refractivity (Wildman–Crippen MR) is 52.4 cm³/mol. The minimum atomic E-state index is -1.32. The highest BCUT2D eigenvalue weighted by Crippen LogP contribution is 2.05. The zero-order valence-corrected chi connectivity index (χ0v) is 8.71. The van der Waals surface area contributed by atoms with E-state index < -0.39 is 24.2 Å². The molecule has 1 amide bonds. The molecule has 0 bridgehead atoms. The Bertz CT molecular complexity index is 251. The summed E-state index contributed by atoms with van der Waals surface area (Å²) in [6, 6.07) is -1.32. The van der Waals surface area contributed by atoms with Crippen molar-refractivity contribution in [2.75, 3.05) is 13.7 Å². The summed E-state index contributed by atoms with van der Waals surface area (Å²) in [7, 11) is 1.25. The molecule has 86 valence electrons. The maximum Gasteiger partial charge on any atom is 0.410 e. The molecule has 0 aromatic rings. The molecule has 0 aromatic carbocycles. The van der Waals surface area contributed by atoms with Gasteiger partial charge >= 0.3 is 12.1 Å². The molecule has 0 saturated heterocycles. The first-order valence-electron chi connectivity index (χ1n) is 4.33. The zero-order valence-electron chi connectivity index (χ0n) is 8.71. The molecular formula is C9H15NO5. The van der Waals surface area contributed by atoms with Crippen LogP contribution in [0.15, 0.2) is 12.7 Å². The van der Waals surface area contributed by atoms with Crippen molar-refractivity contribution < 1.29 is 24.5 Å². The number of rotatable bonds is 5. The average molecular weight is 217 g/mol. The van der Waals surface area contributed by atoms with Crippen LogP contribution in [0.4, 0.5) is 4.79 Å². The number of ether oxygens (including phenoxy) is 1. The molecule has 0 saturated carbocycles. The topological polar surface area (TPSA) is 87.1 Å². The van der Waals surface area contributed by atoms with Gasteiger partial charge in [0.2, 0.25) is 0 Å². The zero-order chi connectivity index (χ0) is 12.0. The molecule has 0 aromatic heterocycles. The van der Waals surface area contributed by atoms with E-state index in [1.165, 1.54) is 20.0 Å². The van der Waals surface area contributed by atoms with Gasteiger partial charge in [0.25, 0.3) is 0 Å². The summed E-state index contributed by atoms with van der Waals surface area (Å²) in [5, 5.41) is 17.9. The summed E-state index contributed by atoms with van der Waals surface area (Å²) in [4.78, 5) is 22.8. The minimum Gasteiger partial charge on any atom is -0.480 e. The van der Waals surface area contributed by atoms with Gasteiger partial charge in [-0.3, -0.25) is 4.90 Å². The Morgan fingerprint density at radius 1 is 1.60 bits per heavy atom. The van der Waals surface area contributed by atoms with Crippen LogP contribution < -0.4 is 0 Å². The molecule has 0 heterocycles. The third kappa shape index (κ3) is 3.99. The van der Waals surface area contributed by atoms with Crippen LogP contribution in [0.3, 0.4) is 0 Å². The van der Waals surface area contributed by atoms with E-state index in [2.05, 4.69) is 11.3 Å². The van der Waals surface area contributed by atoms with Crippen LogP contribution in [0.25, 0.3) is 0 Å². The summed E-state index contributed by atoms with van der Waals surface area (Å²) in [6.45, 7) is 4.63. The number of aliphatic hydroxyl groups excluding tert-OH is 1. The monoisotopic (exact) mass is 217 g/mol. The molecule has 0 spiro atoms. The van der Waals surface area contributed by atoms with E-state index in [1.54, 1.807) is 0 Å². The van der Waals surface area contributed by atoms with Crippen molar-refractivity contribution in [2.24, 2.45) is 0 Å². The van der Waals surface area contributed by atoms with Crippen molar-refractivity contribution in [3.63, 3.8) is 0 Å². The molecule has 0 aliphatic heterocycles. The second-order valence-corrected chi connectivity index (χ2v) is 3.00. The van der Waals surface area contributed by atoms with Crippen molar-refractivity contribution in [1.29, 1.82) is 0 Å². The Labute approximate surface area is 87.8 Å².